The highest BCUT2D eigenvalue weighted by Gasteiger charge is 2.26. The van der Waals surface area contributed by atoms with Crippen molar-refractivity contribution in [3.8, 4) is 11.1 Å². The fourth-order valence-corrected chi connectivity index (χ4v) is 7.87. The van der Waals surface area contributed by atoms with Gasteiger partial charge in [0, 0.05) is 35.8 Å². The van der Waals surface area contributed by atoms with Crippen LogP contribution in [0, 0.1) is 5.82 Å². The van der Waals surface area contributed by atoms with Crippen LogP contribution in [0.2, 0.25) is 0 Å². The molecule has 2 aliphatic rings. The van der Waals surface area contributed by atoms with Crippen LogP contribution in [0.5, 0.6) is 0 Å². The highest BCUT2D eigenvalue weighted by molar-refractivity contribution is 8.15. The second-order valence-corrected chi connectivity index (χ2v) is 13.8. The lowest BCUT2D eigenvalue weighted by atomic mass is 10.1. The van der Waals surface area contributed by atoms with E-state index in [1.54, 1.807) is 31.3 Å². The lowest BCUT2D eigenvalue weighted by Crippen LogP contribution is -2.41. The predicted octanol–water partition coefficient (Wildman–Crippen LogP) is 4.45. The highest BCUT2D eigenvalue weighted by atomic mass is 32.2. The monoisotopic (exact) mass is 621 g/mol. The Labute approximate surface area is 255 Å². The molecule has 12 heteroatoms. The average Bonchev–Trinajstić information content (AvgIpc) is 3.28. The Morgan fingerprint density at radius 3 is 2.70 bits per heavy atom. The Hall–Kier alpha value is -4.29. The summed E-state index contributed by atoms with van der Waals surface area (Å²) in [6, 6.07) is 11.5. The van der Waals surface area contributed by atoms with E-state index in [4.69, 9.17) is 0 Å². The first-order chi connectivity index (χ1) is 20.8. The van der Waals surface area contributed by atoms with E-state index < -0.39 is 23.5 Å². The Bertz CT molecular complexity index is 1780. The third-order valence-corrected chi connectivity index (χ3v) is 10.5. The van der Waals surface area contributed by atoms with Gasteiger partial charge in [0.25, 0.3) is 11.5 Å². The number of fused-ring (bicyclic) bond motifs is 1. The molecule has 6 rings (SSSR count). The van der Waals surface area contributed by atoms with Gasteiger partial charge >= 0.3 is 5.91 Å². The molecular weight excluding hydrogens is 590 g/mol. The fourth-order valence-electron chi connectivity index (χ4n) is 5.52. The lowest BCUT2D eigenvalue weighted by Gasteiger charge is -2.26. The van der Waals surface area contributed by atoms with Crippen molar-refractivity contribution in [3.63, 3.8) is 0 Å². The number of carbonyl (C=O) groups is 3. The van der Waals surface area contributed by atoms with Gasteiger partial charge in [0.05, 0.1) is 22.4 Å². The summed E-state index contributed by atoms with van der Waals surface area (Å²) in [5.74, 6) is -0.370. The SMILES string of the molecule is Cn1cc(-c2cccc(NC(=O)c3cc4c(s3)CCCCC4)c2F)cc(Nc2ccc(N3CC[SH4]C(=O)C3=O)cn2)c1=O. The number of rotatable bonds is 6. The molecule has 4 aromatic rings. The molecule has 1 aromatic carbocycles. The van der Waals surface area contributed by atoms with Crippen molar-refractivity contribution in [2.75, 3.05) is 27.8 Å². The van der Waals surface area contributed by atoms with Crippen LogP contribution in [0.15, 0.2) is 59.7 Å². The zero-order valence-electron chi connectivity index (χ0n) is 23.6. The summed E-state index contributed by atoms with van der Waals surface area (Å²) in [5.41, 5.74) is 2.26. The Morgan fingerprint density at radius 1 is 1.05 bits per heavy atom. The van der Waals surface area contributed by atoms with E-state index in [9.17, 15) is 19.2 Å². The van der Waals surface area contributed by atoms with Gasteiger partial charge in [0.2, 0.25) is 5.12 Å². The molecule has 0 unspecified atom stereocenters. The van der Waals surface area contributed by atoms with Crippen LogP contribution in [0.1, 0.15) is 39.4 Å². The van der Waals surface area contributed by atoms with Gasteiger partial charge in [-0.15, -0.1) is 11.3 Å². The van der Waals surface area contributed by atoms with Gasteiger partial charge in [-0.05, 0) is 67.3 Å². The molecule has 9 nitrogen and oxygen atoms in total. The van der Waals surface area contributed by atoms with Crippen molar-refractivity contribution in [1.29, 1.82) is 0 Å². The molecule has 2 amide bonds. The Kier molecular flexibility index (Phi) is 8.13. The first-order valence-electron chi connectivity index (χ1n) is 14.3. The molecule has 0 saturated carbocycles. The summed E-state index contributed by atoms with van der Waals surface area (Å²) in [7, 11) is 1.57. The summed E-state index contributed by atoms with van der Waals surface area (Å²) >= 11 is 0.473. The number of hydrogen-bond donors (Lipinski definition) is 2. The van der Waals surface area contributed by atoms with Gasteiger partial charge < -0.3 is 20.1 Å². The lowest BCUT2D eigenvalue weighted by molar-refractivity contribution is -0.131. The summed E-state index contributed by atoms with van der Waals surface area (Å²) in [4.78, 5) is 57.7. The van der Waals surface area contributed by atoms with E-state index in [0.29, 0.717) is 28.5 Å². The van der Waals surface area contributed by atoms with Crippen LogP contribution in [0.3, 0.4) is 0 Å². The molecule has 4 heterocycles. The molecule has 0 atom stereocenters. The number of anilines is 4. The van der Waals surface area contributed by atoms with Crippen LogP contribution in [-0.2, 0) is 29.5 Å². The molecule has 2 N–H and O–H groups in total. The summed E-state index contributed by atoms with van der Waals surface area (Å²) in [5, 5.41) is 5.44. The van der Waals surface area contributed by atoms with Crippen LogP contribution >= 0.6 is 23.1 Å². The van der Waals surface area contributed by atoms with Crippen LogP contribution in [0.25, 0.3) is 11.1 Å². The number of thiophene rings is 1. The van der Waals surface area contributed by atoms with Crippen LogP contribution in [0.4, 0.5) is 27.3 Å². The molecular formula is C31H32FN5O4S2. The van der Waals surface area contributed by atoms with Gasteiger partial charge in [0.1, 0.15) is 11.5 Å². The maximum absolute atomic E-state index is 15.8. The minimum atomic E-state index is -1.01. The van der Waals surface area contributed by atoms with Gasteiger partial charge in [0.15, 0.2) is 5.82 Å². The van der Waals surface area contributed by atoms with Crippen LogP contribution < -0.4 is 21.1 Å². The summed E-state index contributed by atoms with van der Waals surface area (Å²) in [6.45, 7) is 0.494. The molecule has 43 heavy (non-hydrogen) atoms. The fraction of sp³-hybridized carbons (Fsp3) is 0.258. The smallest absolute Gasteiger partial charge is 0.301 e. The largest absolute Gasteiger partial charge is 0.336 e. The second-order valence-electron chi connectivity index (χ2n) is 10.8. The van der Waals surface area contributed by atoms with Crippen molar-refractivity contribution >= 4 is 62.9 Å². The maximum Gasteiger partial charge on any atom is 0.301 e. The first-order valence-corrected chi connectivity index (χ1v) is 16.8. The molecule has 224 valence electrons. The molecule has 1 fully saturated rings. The number of aryl methyl sites for hydroxylation is 3. The first kappa shape index (κ1) is 28.8. The van der Waals surface area contributed by atoms with Crippen molar-refractivity contribution in [3.05, 3.63) is 86.3 Å². The third-order valence-electron chi connectivity index (χ3n) is 7.80. The topological polar surface area (TPSA) is 113 Å². The van der Waals surface area contributed by atoms with Crippen molar-refractivity contribution in [2.24, 2.45) is 7.05 Å². The number of amides is 2. The molecule has 0 bridgehead atoms. The van der Waals surface area contributed by atoms with Crippen molar-refractivity contribution in [1.82, 2.24) is 9.55 Å². The maximum atomic E-state index is 15.8. The van der Waals surface area contributed by atoms with E-state index >= 15 is 4.39 Å². The van der Waals surface area contributed by atoms with E-state index in [2.05, 4.69) is 15.6 Å². The number of aromatic nitrogens is 2. The van der Waals surface area contributed by atoms with Gasteiger partial charge in [-0.3, -0.25) is 19.2 Å². The number of carbonyl (C=O) groups excluding carboxylic acids is 3. The molecule has 0 spiro atoms. The van der Waals surface area contributed by atoms with E-state index in [1.807, 2.05) is 6.07 Å². The zero-order valence-corrected chi connectivity index (χ0v) is 25.8. The Morgan fingerprint density at radius 2 is 1.88 bits per heavy atom. The Balaban J connectivity index is 1.23. The average molecular weight is 622 g/mol. The highest BCUT2D eigenvalue weighted by Crippen LogP contribution is 2.32. The molecule has 3 aromatic heterocycles. The summed E-state index contributed by atoms with van der Waals surface area (Å²) < 4.78 is 17.1. The predicted molar refractivity (Wildman–Crippen MR) is 174 cm³/mol. The van der Waals surface area contributed by atoms with Gasteiger partial charge in [-0.2, -0.15) is 0 Å². The molecule has 1 aliphatic carbocycles. The third kappa shape index (κ3) is 5.98. The number of nitrogens with one attached hydrogen (secondary N) is 2. The number of hydrogen-bond acceptors (Lipinski definition) is 7. The summed E-state index contributed by atoms with van der Waals surface area (Å²) in [6.07, 6.45) is 8.37. The van der Waals surface area contributed by atoms with E-state index in [0.717, 1.165) is 31.4 Å². The van der Waals surface area contributed by atoms with E-state index in [-0.39, 0.29) is 33.5 Å². The minimum Gasteiger partial charge on any atom is -0.336 e. The van der Waals surface area contributed by atoms with Crippen molar-refractivity contribution < 1.29 is 18.8 Å². The number of pyridine rings is 2. The van der Waals surface area contributed by atoms with Crippen LogP contribution in [-0.4, -0.2) is 38.8 Å². The normalized spacial score (nSPS) is 15.3. The molecule has 1 saturated heterocycles. The number of halogens is 1. The number of nitrogens with zero attached hydrogens (tertiary/aromatic N) is 3. The zero-order chi connectivity index (χ0) is 30.1. The van der Waals surface area contributed by atoms with Gasteiger partial charge in [-0.1, -0.05) is 18.6 Å². The minimum absolute atomic E-state index is 0.0557. The number of benzene rings is 1. The van der Waals surface area contributed by atoms with Gasteiger partial charge in [-0.25, -0.2) is 21.1 Å². The molecule has 1 aliphatic heterocycles. The molecule has 0 radical (unpaired) electrons. The standard InChI is InChI=1S/C31H32FN5O4S2/c1-36-17-19(14-23(29(36)39)34-26-11-10-20(16-33-26)37-12-13-42-31(41)30(37)40)21-7-5-8-22(27(21)32)35-28(38)25-15-18-6-3-2-4-9-24(18)43-25/h5,7-8,10-11,14-17H,2-4,6,9,12-13H2,1H3,42H4,(H,33,34)(H,35,38). The van der Waals surface area contributed by atoms with E-state index in [1.165, 1.54) is 62.2 Å². The van der Waals surface area contributed by atoms with Crippen molar-refractivity contribution in [2.45, 2.75) is 32.1 Å². The second kappa shape index (κ2) is 12.1. The quantitative estimate of drug-likeness (QED) is 0.243.